The highest BCUT2D eigenvalue weighted by molar-refractivity contribution is 6.31. The van der Waals surface area contributed by atoms with E-state index in [1.807, 2.05) is 12.1 Å². The van der Waals surface area contributed by atoms with Crippen LogP contribution in [0.25, 0.3) is 0 Å². The summed E-state index contributed by atoms with van der Waals surface area (Å²) in [6.45, 7) is 0.315. The molecule has 0 aliphatic rings. The Balaban J connectivity index is 1.75. The van der Waals surface area contributed by atoms with Gasteiger partial charge in [-0.3, -0.25) is 9.78 Å². The lowest BCUT2D eigenvalue weighted by Gasteiger charge is -2.12. The zero-order valence-electron chi connectivity index (χ0n) is 13.1. The van der Waals surface area contributed by atoms with Crippen molar-refractivity contribution in [2.75, 3.05) is 5.32 Å². The molecule has 25 heavy (non-hydrogen) atoms. The standard InChI is InChI=1S/C19H14ClFN2O2/c20-16-11-14(5-6-17(16)21)23-19(24)15-3-1-2-4-18(15)25-12-13-7-9-22-10-8-13/h1-11H,12H2,(H,23,24). The summed E-state index contributed by atoms with van der Waals surface area (Å²) in [6, 6.07) is 14.6. The molecule has 0 radical (unpaired) electrons. The Morgan fingerprint density at radius 1 is 1.12 bits per heavy atom. The third-order valence-electron chi connectivity index (χ3n) is 3.45. The second-order valence-electron chi connectivity index (χ2n) is 5.22. The molecule has 0 aliphatic carbocycles. The molecule has 2 aromatic carbocycles. The molecule has 0 aliphatic heterocycles. The van der Waals surface area contributed by atoms with Crippen LogP contribution in [-0.2, 0) is 6.61 Å². The second-order valence-corrected chi connectivity index (χ2v) is 5.63. The zero-order valence-corrected chi connectivity index (χ0v) is 13.8. The van der Waals surface area contributed by atoms with Crippen LogP contribution in [0.2, 0.25) is 5.02 Å². The fourth-order valence-corrected chi connectivity index (χ4v) is 2.37. The maximum atomic E-state index is 13.2. The van der Waals surface area contributed by atoms with Gasteiger partial charge in [-0.1, -0.05) is 23.7 Å². The lowest BCUT2D eigenvalue weighted by atomic mass is 10.1. The highest BCUT2D eigenvalue weighted by atomic mass is 35.5. The maximum absolute atomic E-state index is 13.2. The van der Waals surface area contributed by atoms with Crippen molar-refractivity contribution < 1.29 is 13.9 Å². The third kappa shape index (κ3) is 4.33. The molecule has 0 unspecified atom stereocenters. The number of para-hydroxylation sites is 1. The van der Waals surface area contributed by atoms with Crippen molar-refractivity contribution in [2.45, 2.75) is 6.61 Å². The summed E-state index contributed by atoms with van der Waals surface area (Å²) in [4.78, 5) is 16.5. The Bertz CT molecular complexity index is 888. The van der Waals surface area contributed by atoms with Crippen LogP contribution >= 0.6 is 11.6 Å². The number of nitrogens with zero attached hydrogens (tertiary/aromatic N) is 1. The molecule has 0 saturated carbocycles. The van der Waals surface area contributed by atoms with Gasteiger partial charge in [0.25, 0.3) is 5.91 Å². The molecule has 3 rings (SSSR count). The number of pyridine rings is 1. The van der Waals surface area contributed by atoms with Crippen LogP contribution in [0.3, 0.4) is 0 Å². The van der Waals surface area contributed by atoms with Crippen molar-refractivity contribution in [2.24, 2.45) is 0 Å². The third-order valence-corrected chi connectivity index (χ3v) is 3.74. The van der Waals surface area contributed by atoms with Crippen molar-refractivity contribution in [3.8, 4) is 5.75 Å². The van der Waals surface area contributed by atoms with E-state index < -0.39 is 5.82 Å². The monoisotopic (exact) mass is 356 g/mol. The minimum atomic E-state index is -0.541. The van der Waals surface area contributed by atoms with Crippen molar-refractivity contribution in [1.29, 1.82) is 0 Å². The van der Waals surface area contributed by atoms with E-state index in [4.69, 9.17) is 16.3 Å². The summed E-state index contributed by atoms with van der Waals surface area (Å²) in [5.41, 5.74) is 1.72. The first kappa shape index (κ1) is 16.9. The first-order chi connectivity index (χ1) is 12.1. The molecule has 6 heteroatoms. The van der Waals surface area contributed by atoms with E-state index in [1.165, 1.54) is 18.2 Å². The topological polar surface area (TPSA) is 51.2 Å². The van der Waals surface area contributed by atoms with E-state index in [-0.39, 0.29) is 10.9 Å². The molecular formula is C19H14ClFN2O2. The van der Waals surface area contributed by atoms with Gasteiger partial charge in [0.1, 0.15) is 18.2 Å². The van der Waals surface area contributed by atoms with E-state index in [0.717, 1.165) is 5.56 Å². The molecule has 1 heterocycles. The van der Waals surface area contributed by atoms with Crippen LogP contribution in [0.15, 0.2) is 67.0 Å². The molecule has 3 aromatic rings. The van der Waals surface area contributed by atoms with Gasteiger partial charge >= 0.3 is 0 Å². The Morgan fingerprint density at radius 2 is 1.88 bits per heavy atom. The van der Waals surface area contributed by atoms with Gasteiger partial charge in [-0.05, 0) is 48.0 Å². The van der Waals surface area contributed by atoms with Gasteiger partial charge in [0.05, 0.1) is 10.6 Å². The summed E-state index contributed by atoms with van der Waals surface area (Å²) in [5, 5.41) is 2.63. The summed E-state index contributed by atoms with van der Waals surface area (Å²) in [6.07, 6.45) is 3.35. The lowest BCUT2D eigenvalue weighted by molar-refractivity contribution is 0.102. The molecule has 0 saturated heterocycles. The van der Waals surface area contributed by atoms with E-state index in [0.29, 0.717) is 23.6 Å². The smallest absolute Gasteiger partial charge is 0.259 e. The van der Waals surface area contributed by atoms with Gasteiger partial charge < -0.3 is 10.1 Å². The summed E-state index contributed by atoms with van der Waals surface area (Å²) in [7, 11) is 0. The fraction of sp³-hybridized carbons (Fsp3) is 0.0526. The van der Waals surface area contributed by atoms with Crippen LogP contribution in [-0.4, -0.2) is 10.9 Å². The van der Waals surface area contributed by atoms with E-state index in [1.54, 1.807) is 36.7 Å². The summed E-state index contributed by atoms with van der Waals surface area (Å²) >= 11 is 5.74. The molecule has 1 amide bonds. The summed E-state index contributed by atoms with van der Waals surface area (Å²) < 4.78 is 19.0. The van der Waals surface area contributed by atoms with Crippen molar-refractivity contribution >= 4 is 23.2 Å². The predicted molar refractivity (Wildman–Crippen MR) is 94.4 cm³/mol. The summed E-state index contributed by atoms with van der Waals surface area (Å²) in [5.74, 6) is -0.459. The minimum Gasteiger partial charge on any atom is -0.488 e. The van der Waals surface area contributed by atoms with Gasteiger partial charge in [0.15, 0.2) is 0 Å². The predicted octanol–water partition coefficient (Wildman–Crippen LogP) is 4.71. The van der Waals surface area contributed by atoms with Gasteiger partial charge in [-0.25, -0.2) is 4.39 Å². The van der Waals surface area contributed by atoms with Crippen LogP contribution in [0.5, 0.6) is 5.75 Å². The Hall–Kier alpha value is -2.92. The normalized spacial score (nSPS) is 10.3. The number of hydrogen-bond acceptors (Lipinski definition) is 3. The average Bonchev–Trinajstić information content (AvgIpc) is 2.64. The largest absolute Gasteiger partial charge is 0.488 e. The number of halogens is 2. The number of anilines is 1. The van der Waals surface area contributed by atoms with Crippen LogP contribution in [0.4, 0.5) is 10.1 Å². The van der Waals surface area contributed by atoms with Gasteiger partial charge in [0.2, 0.25) is 0 Å². The van der Waals surface area contributed by atoms with Crippen molar-refractivity contribution in [3.63, 3.8) is 0 Å². The first-order valence-corrected chi connectivity index (χ1v) is 7.88. The molecule has 1 aromatic heterocycles. The SMILES string of the molecule is O=C(Nc1ccc(F)c(Cl)c1)c1ccccc1OCc1ccncc1. The van der Waals surface area contributed by atoms with Gasteiger partial charge in [-0.15, -0.1) is 0 Å². The Morgan fingerprint density at radius 3 is 2.64 bits per heavy atom. The number of carbonyl (C=O) groups is 1. The second kappa shape index (κ2) is 7.77. The molecule has 0 spiro atoms. The minimum absolute atomic E-state index is 0.0555. The van der Waals surface area contributed by atoms with E-state index in [9.17, 15) is 9.18 Å². The zero-order chi connectivity index (χ0) is 17.6. The number of hydrogen-bond donors (Lipinski definition) is 1. The van der Waals surface area contributed by atoms with Crippen LogP contribution in [0, 0.1) is 5.82 Å². The number of benzene rings is 2. The molecule has 0 bridgehead atoms. The van der Waals surface area contributed by atoms with Crippen LogP contribution < -0.4 is 10.1 Å². The number of carbonyl (C=O) groups excluding carboxylic acids is 1. The van der Waals surface area contributed by atoms with Crippen molar-refractivity contribution in [1.82, 2.24) is 4.98 Å². The number of amides is 1. The quantitative estimate of drug-likeness (QED) is 0.720. The highest BCUT2D eigenvalue weighted by Gasteiger charge is 2.13. The number of ether oxygens (including phenoxy) is 1. The molecule has 4 nitrogen and oxygen atoms in total. The molecule has 126 valence electrons. The average molecular weight is 357 g/mol. The number of rotatable bonds is 5. The first-order valence-electron chi connectivity index (χ1n) is 7.50. The van der Waals surface area contributed by atoms with Gasteiger partial charge in [-0.2, -0.15) is 0 Å². The molecule has 0 atom stereocenters. The Kier molecular flexibility index (Phi) is 5.26. The number of aromatic nitrogens is 1. The number of nitrogens with one attached hydrogen (secondary N) is 1. The van der Waals surface area contributed by atoms with Crippen molar-refractivity contribution in [3.05, 3.63) is 89.0 Å². The highest BCUT2D eigenvalue weighted by Crippen LogP contribution is 2.23. The molecule has 0 fully saturated rings. The van der Waals surface area contributed by atoms with Crippen LogP contribution in [0.1, 0.15) is 15.9 Å². The van der Waals surface area contributed by atoms with E-state index in [2.05, 4.69) is 10.3 Å². The molecule has 1 N–H and O–H groups in total. The lowest BCUT2D eigenvalue weighted by Crippen LogP contribution is -2.13. The molecular weight excluding hydrogens is 343 g/mol. The van der Waals surface area contributed by atoms with Gasteiger partial charge in [0, 0.05) is 18.1 Å². The van der Waals surface area contributed by atoms with E-state index >= 15 is 0 Å². The Labute approximate surface area is 149 Å². The maximum Gasteiger partial charge on any atom is 0.259 e. The fourth-order valence-electron chi connectivity index (χ4n) is 2.19.